The second-order valence-corrected chi connectivity index (χ2v) is 13.7. The number of esters is 1. The van der Waals surface area contributed by atoms with Crippen molar-refractivity contribution in [2.75, 3.05) is 6.61 Å². The number of benzene rings is 2. The van der Waals surface area contributed by atoms with E-state index >= 15 is 0 Å². The summed E-state index contributed by atoms with van der Waals surface area (Å²) in [5, 5.41) is 46.9. The van der Waals surface area contributed by atoms with Gasteiger partial charge in [0.15, 0.2) is 17.0 Å². The largest absolute Gasteiger partial charge is 0.455 e. The molecule has 2 aromatic carbocycles. The van der Waals surface area contributed by atoms with Crippen LogP contribution in [0, 0.1) is 17.8 Å². The van der Waals surface area contributed by atoms with E-state index in [1.165, 1.54) is 13.0 Å². The van der Waals surface area contributed by atoms with Gasteiger partial charge in [0.25, 0.3) is 0 Å². The Hall–Kier alpha value is -2.93. The fourth-order valence-corrected chi connectivity index (χ4v) is 9.01. The highest BCUT2D eigenvalue weighted by atomic mass is 35.5. The van der Waals surface area contributed by atoms with Crippen LogP contribution in [0.2, 0.25) is 0 Å². The molecule has 1 unspecified atom stereocenters. The van der Waals surface area contributed by atoms with Gasteiger partial charge in [0.1, 0.15) is 23.2 Å². The van der Waals surface area contributed by atoms with Gasteiger partial charge in [-0.3, -0.25) is 4.79 Å². The van der Waals surface area contributed by atoms with E-state index in [9.17, 15) is 30.0 Å². The van der Waals surface area contributed by atoms with E-state index < -0.39 is 88.2 Å². The predicted molar refractivity (Wildman–Crippen MR) is 159 cm³/mol. The SMILES string of the molecule is C=C(C)[C@@]12OC3(c4ccccc4)O[C@@H]1[C@@H]1[C@H](O)[C@](Cl)(CO)[C@@H](O)[C@]4(O)C(=O)C(C)=C[C@H]4[C@@]1(O3)[C@H](C)[C@H]2OC(=O)c1ccccc1. The highest BCUT2D eigenvalue weighted by Crippen LogP contribution is 2.71. The Morgan fingerprint density at radius 2 is 1.69 bits per heavy atom. The third-order valence-corrected chi connectivity index (χ3v) is 11.4. The molecule has 238 valence electrons. The second kappa shape index (κ2) is 9.79. The summed E-state index contributed by atoms with van der Waals surface area (Å²) in [7, 11) is 0. The van der Waals surface area contributed by atoms with Crippen molar-refractivity contribution in [1.82, 2.24) is 0 Å². The van der Waals surface area contributed by atoms with E-state index in [1.807, 2.05) is 0 Å². The zero-order chi connectivity index (χ0) is 32.3. The van der Waals surface area contributed by atoms with Crippen LogP contribution in [0.4, 0.5) is 0 Å². The fraction of sp³-hybridized carbons (Fsp3) is 0.471. The number of carbonyl (C=O) groups is 2. The normalized spacial score (nSPS) is 46.2. The summed E-state index contributed by atoms with van der Waals surface area (Å²) in [6.07, 6.45) is -4.90. The van der Waals surface area contributed by atoms with Gasteiger partial charge in [-0.1, -0.05) is 68.1 Å². The molecular weight excluding hydrogens is 604 g/mol. The lowest BCUT2D eigenvalue weighted by atomic mass is 9.52. The van der Waals surface area contributed by atoms with E-state index in [4.69, 9.17) is 30.5 Å². The number of hydrogen-bond donors (Lipinski definition) is 4. The van der Waals surface area contributed by atoms with Crippen LogP contribution in [-0.2, 0) is 29.7 Å². The van der Waals surface area contributed by atoms with Crippen molar-refractivity contribution in [3.8, 4) is 0 Å². The molecule has 2 saturated heterocycles. The van der Waals surface area contributed by atoms with Crippen LogP contribution < -0.4 is 0 Å². The molecule has 2 aliphatic heterocycles. The standard InChI is InChI=1S/C34H35ClO10/c1-17(2)32-26(42-28(39)20-11-7-5-8-12-20)19(4)33-22-15-18(3)24(37)31(22,41)29(40)30(35,16-36)25(38)23(33)27(32)43-34(44-32,45-33)21-13-9-6-10-14-21/h5-15,19,22-23,25-27,29,36,38,40-41H,1,16H2,2-4H3/t19-,22-,23+,25+,26-,27-,29-,30-,31-,32+,33+,34?/m1/s1. The number of aliphatic hydroxyl groups is 4. The lowest BCUT2D eigenvalue weighted by Gasteiger charge is -2.62. The number of aliphatic hydroxyl groups excluding tert-OH is 3. The highest BCUT2D eigenvalue weighted by molar-refractivity contribution is 6.25. The summed E-state index contributed by atoms with van der Waals surface area (Å²) in [6.45, 7) is 8.11. The number of halogens is 1. The molecule has 4 N–H and O–H groups in total. The lowest BCUT2D eigenvalue weighted by molar-refractivity contribution is -0.442. The number of hydrogen-bond acceptors (Lipinski definition) is 10. The lowest BCUT2D eigenvalue weighted by Crippen LogP contribution is -2.77. The average molecular weight is 639 g/mol. The van der Waals surface area contributed by atoms with E-state index in [0.29, 0.717) is 11.1 Å². The van der Waals surface area contributed by atoms with Crippen LogP contribution >= 0.6 is 11.6 Å². The molecule has 0 aromatic heterocycles. The summed E-state index contributed by atoms with van der Waals surface area (Å²) >= 11 is 6.90. The van der Waals surface area contributed by atoms with E-state index in [1.54, 1.807) is 74.5 Å². The third kappa shape index (κ3) is 3.54. The molecule has 0 amide bonds. The third-order valence-electron chi connectivity index (χ3n) is 10.8. The van der Waals surface area contributed by atoms with E-state index in [0.717, 1.165) is 0 Å². The van der Waals surface area contributed by atoms with Crippen LogP contribution in [0.15, 0.2) is 84.5 Å². The van der Waals surface area contributed by atoms with Gasteiger partial charge in [0.2, 0.25) is 0 Å². The Morgan fingerprint density at radius 1 is 1.07 bits per heavy atom. The Balaban J connectivity index is 1.54. The molecule has 2 aromatic rings. The number of ketones is 1. The van der Waals surface area contributed by atoms with Crippen LogP contribution in [0.5, 0.6) is 0 Å². The Kier molecular flexibility index (Phi) is 6.68. The second-order valence-electron chi connectivity index (χ2n) is 13.0. The molecule has 5 aliphatic rings. The zero-order valence-electron chi connectivity index (χ0n) is 24.9. The Morgan fingerprint density at radius 3 is 2.29 bits per heavy atom. The first kappa shape index (κ1) is 30.7. The van der Waals surface area contributed by atoms with Gasteiger partial charge in [-0.25, -0.2) is 4.79 Å². The maximum Gasteiger partial charge on any atom is 0.338 e. The number of Topliss-reactive ketones (excluding diaryl/α,β-unsaturated/α-hetero) is 1. The van der Waals surface area contributed by atoms with Gasteiger partial charge in [-0.15, -0.1) is 11.6 Å². The molecule has 4 fully saturated rings. The Labute approximate surface area is 264 Å². The molecule has 0 spiro atoms. The minimum absolute atomic E-state index is 0.127. The summed E-state index contributed by atoms with van der Waals surface area (Å²) in [5.74, 6) is -7.05. The summed E-state index contributed by atoms with van der Waals surface area (Å²) < 4.78 is 26.9. The highest BCUT2D eigenvalue weighted by Gasteiger charge is 2.87. The van der Waals surface area contributed by atoms with Gasteiger partial charge in [-0.05, 0) is 37.1 Å². The molecule has 2 heterocycles. The first-order valence-corrected chi connectivity index (χ1v) is 15.3. The molecular formula is C34H35ClO10. The zero-order valence-corrected chi connectivity index (χ0v) is 25.7. The number of carbonyl (C=O) groups excluding carboxylic acids is 2. The molecule has 7 rings (SSSR count). The maximum atomic E-state index is 13.8. The van der Waals surface area contributed by atoms with E-state index in [-0.39, 0.29) is 11.1 Å². The van der Waals surface area contributed by atoms with Crippen molar-refractivity contribution < 1.29 is 49.0 Å². The van der Waals surface area contributed by atoms with Crippen LogP contribution in [-0.4, -0.2) is 84.9 Å². The number of alkyl halides is 1. The number of rotatable bonds is 5. The van der Waals surface area contributed by atoms with Crippen LogP contribution in [0.25, 0.3) is 0 Å². The van der Waals surface area contributed by atoms with Crippen LogP contribution in [0.3, 0.4) is 0 Å². The van der Waals surface area contributed by atoms with Crippen molar-refractivity contribution in [1.29, 1.82) is 0 Å². The molecule has 2 saturated carbocycles. The van der Waals surface area contributed by atoms with Gasteiger partial charge >= 0.3 is 11.9 Å². The molecule has 3 bridgehead atoms. The maximum absolute atomic E-state index is 13.8. The van der Waals surface area contributed by atoms with Gasteiger partial charge in [-0.2, -0.15) is 0 Å². The van der Waals surface area contributed by atoms with E-state index in [2.05, 4.69) is 6.58 Å². The van der Waals surface area contributed by atoms with Crippen molar-refractivity contribution in [2.24, 2.45) is 17.8 Å². The van der Waals surface area contributed by atoms with Gasteiger partial charge in [0, 0.05) is 23.3 Å². The van der Waals surface area contributed by atoms with Crippen molar-refractivity contribution in [2.45, 2.75) is 72.8 Å². The fourth-order valence-electron chi connectivity index (χ4n) is 8.70. The number of ether oxygens (including phenoxy) is 4. The average Bonchev–Trinajstić information content (AvgIpc) is 3.43. The predicted octanol–water partition coefficient (Wildman–Crippen LogP) is 2.37. The van der Waals surface area contributed by atoms with Crippen molar-refractivity contribution in [3.05, 3.63) is 95.6 Å². The monoisotopic (exact) mass is 638 g/mol. The van der Waals surface area contributed by atoms with Gasteiger partial charge < -0.3 is 39.4 Å². The van der Waals surface area contributed by atoms with Gasteiger partial charge in [0.05, 0.1) is 23.9 Å². The molecule has 45 heavy (non-hydrogen) atoms. The van der Waals surface area contributed by atoms with Crippen molar-refractivity contribution in [3.63, 3.8) is 0 Å². The van der Waals surface area contributed by atoms with Crippen LogP contribution in [0.1, 0.15) is 36.7 Å². The smallest absolute Gasteiger partial charge is 0.338 e. The summed E-state index contributed by atoms with van der Waals surface area (Å²) in [6, 6.07) is 17.1. The summed E-state index contributed by atoms with van der Waals surface area (Å²) in [4.78, 5) is 25.2. The topological polar surface area (TPSA) is 152 Å². The molecule has 3 aliphatic carbocycles. The quantitative estimate of drug-likeness (QED) is 0.218. The number of fused-ring (bicyclic) bond motifs is 2. The Bertz CT molecular complexity index is 1620. The minimum atomic E-state index is -2.65. The van der Waals surface area contributed by atoms with Crippen molar-refractivity contribution >= 4 is 23.4 Å². The molecule has 10 nitrogen and oxygen atoms in total. The summed E-state index contributed by atoms with van der Waals surface area (Å²) in [5.41, 5.74) is -4.94. The molecule has 12 atom stereocenters. The first-order chi connectivity index (χ1) is 21.3. The minimum Gasteiger partial charge on any atom is -0.455 e. The molecule has 11 heteroatoms. The molecule has 0 radical (unpaired) electrons. The first-order valence-electron chi connectivity index (χ1n) is 14.9.